The molecule has 190 valence electrons. The number of halogens is 3. The lowest BCUT2D eigenvalue weighted by molar-refractivity contribution is 0.0251. The Balaban J connectivity index is 1.44. The fourth-order valence-electron chi connectivity index (χ4n) is 3.75. The van der Waals surface area contributed by atoms with Gasteiger partial charge in [0.2, 0.25) is 5.82 Å². The zero-order chi connectivity index (χ0) is 26.0. The van der Waals surface area contributed by atoms with Crippen LogP contribution in [-0.4, -0.2) is 54.9 Å². The summed E-state index contributed by atoms with van der Waals surface area (Å²) in [5.74, 6) is -2.58. The average Bonchev–Trinajstić information content (AvgIpc) is 3.34. The predicted octanol–water partition coefficient (Wildman–Crippen LogP) is 4.84. The number of amides is 1. The van der Waals surface area contributed by atoms with Gasteiger partial charge in [-0.25, -0.2) is 9.18 Å². The summed E-state index contributed by atoms with van der Waals surface area (Å²) in [6, 6.07) is 4.33. The smallest absolute Gasteiger partial charge is 0.410 e. The summed E-state index contributed by atoms with van der Waals surface area (Å²) in [4.78, 5) is 18.4. The van der Waals surface area contributed by atoms with Crippen LogP contribution < -0.4 is 4.74 Å². The van der Waals surface area contributed by atoms with Crippen LogP contribution in [0.1, 0.15) is 39.0 Å². The molecule has 36 heavy (non-hydrogen) atoms. The molecule has 1 unspecified atom stereocenters. The minimum atomic E-state index is -1.17. The summed E-state index contributed by atoms with van der Waals surface area (Å²) in [5.41, 5.74) is 1.46. The average molecular weight is 519 g/mol. The zero-order valence-electron chi connectivity index (χ0n) is 20.2. The first-order valence-electron chi connectivity index (χ1n) is 11.2. The molecule has 0 bridgehead atoms. The van der Waals surface area contributed by atoms with Crippen molar-refractivity contribution >= 4 is 23.3 Å². The summed E-state index contributed by atoms with van der Waals surface area (Å²) < 4.78 is 40.9. The number of hydrogen-bond donors (Lipinski definition) is 0. The quantitative estimate of drug-likeness (QED) is 0.477. The van der Waals surface area contributed by atoms with Crippen LogP contribution in [0, 0.1) is 17.6 Å². The van der Waals surface area contributed by atoms with Crippen LogP contribution in [0.25, 0.3) is 11.3 Å². The molecule has 0 spiro atoms. The minimum absolute atomic E-state index is 0.0296. The third-order valence-electron chi connectivity index (χ3n) is 5.45. The van der Waals surface area contributed by atoms with Crippen molar-refractivity contribution in [2.24, 2.45) is 5.92 Å². The number of carbonyl (C=O) groups is 1. The molecule has 1 aromatic carbocycles. The molecule has 0 saturated carbocycles. The molecular formula is C24H25ClF2N6O3. The topological polar surface area (TPSA) is 95.3 Å². The van der Waals surface area contributed by atoms with Gasteiger partial charge < -0.3 is 14.4 Å². The summed E-state index contributed by atoms with van der Waals surface area (Å²) in [5, 5.41) is 10.7. The van der Waals surface area contributed by atoms with Gasteiger partial charge >= 0.3 is 6.09 Å². The number of nitrogens with zero attached hydrogens (tertiary/aromatic N) is 6. The maximum absolute atomic E-state index is 14.5. The molecule has 3 heterocycles. The third-order valence-corrected chi connectivity index (χ3v) is 5.77. The lowest BCUT2D eigenvalue weighted by atomic mass is 9.91. The number of rotatable bonds is 5. The van der Waals surface area contributed by atoms with Crippen molar-refractivity contribution in [3.63, 3.8) is 0 Å². The molecule has 12 heteroatoms. The fourth-order valence-corrected chi connectivity index (χ4v) is 3.97. The van der Waals surface area contributed by atoms with E-state index >= 15 is 0 Å². The van der Waals surface area contributed by atoms with Gasteiger partial charge in [-0.15, -0.1) is 5.10 Å². The Morgan fingerprint density at radius 3 is 2.67 bits per heavy atom. The van der Waals surface area contributed by atoms with Gasteiger partial charge in [-0.2, -0.15) is 9.07 Å². The van der Waals surface area contributed by atoms with Crippen LogP contribution in [0.2, 0.25) is 5.02 Å². The number of carbonyl (C=O) groups excluding carboxylic acids is 1. The summed E-state index contributed by atoms with van der Waals surface area (Å²) >= 11 is 6.43. The highest BCUT2D eigenvalue weighted by atomic mass is 35.5. The van der Waals surface area contributed by atoms with E-state index in [0.717, 1.165) is 22.1 Å². The van der Waals surface area contributed by atoms with Crippen LogP contribution in [0.3, 0.4) is 0 Å². The van der Waals surface area contributed by atoms with Gasteiger partial charge in [-0.3, -0.25) is 4.98 Å². The highest BCUT2D eigenvalue weighted by Gasteiger charge is 2.28. The number of aromatic nitrogens is 5. The Labute approximate surface area is 211 Å². The lowest BCUT2D eigenvalue weighted by Gasteiger charge is -2.33. The number of hydrogen-bond acceptors (Lipinski definition) is 7. The van der Waals surface area contributed by atoms with E-state index in [1.54, 1.807) is 17.2 Å². The molecule has 1 amide bonds. The van der Waals surface area contributed by atoms with Gasteiger partial charge in [0.25, 0.3) is 0 Å². The second kappa shape index (κ2) is 10.2. The number of pyridine rings is 1. The van der Waals surface area contributed by atoms with Crippen molar-refractivity contribution in [3.8, 4) is 11.4 Å². The SMILES string of the molecule is CC1CN(C(=O)OC(C)(C)C)CC=C1c1cnc(COc2ccc(-n3cnnn3)c(F)c2F)c(Cl)c1. The molecule has 0 fully saturated rings. The minimum Gasteiger partial charge on any atom is -0.484 e. The van der Waals surface area contributed by atoms with E-state index in [1.807, 2.05) is 33.8 Å². The molecule has 0 saturated heterocycles. The van der Waals surface area contributed by atoms with E-state index in [4.69, 9.17) is 21.1 Å². The fraction of sp³-hybridized carbons (Fsp3) is 0.375. The van der Waals surface area contributed by atoms with Gasteiger partial charge in [0.05, 0.1) is 10.7 Å². The molecule has 0 N–H and O–H groups in total. The number of benzene rings is 1. The van der Waals surface area contributed by atoms with Gasteiger partial charge in [-0.05, 0) is 66.5 Å². The van der Waals surface area contributed by atoms with Crippen molar-refractivity contribution in [1.29, 1.82) is 0 Å². The van der Waals surface area contributed by atoms with Gasteiger partial charge in [-0.1, -0.05) is 24.6 Å². The molecule has 1 atom stereocenters. The third kappa shape index (κ3) is 5.62. The highest BCUT2D eigenvalue weighted by molar-refractivity contribution is 6.31. The Kier molecular flexibility index (Phi) is 7.21. The summed E-state index contributed by atoms with van der Waals surface area (Å²) in [6.07, 6.45) is 4.39. The molecule has 3 aromatic rings. The van der Waals surface area contributed by atoms with E-state index < -0.39 is 17.2 Å². The normalized spacial score (nSPS) is 16.0. The van der Waals surface area contributed by atoms with E-state index in [0.29, 0.717) is 23.8 Å². The van der Waals surface area contributed by atoms with E-state index in [-0.39, 0.29) is 30.1 Å². The predicted molar refractivity (Wildman–Crippen MR) is 128 cm³/mol. The van der Waals surface area contributed by atoms with Crippen molar-refractivity contribution < 1.29 is 23.0 Å². The first-order chi connectivity index (χ1) is 17.0. The molecule has 4 rings (SSSR count). The van der Waals surface area contributed by atoms with Gasteiger partial charge in [0.15, 0.2) is 11.6 Å². The first kappa shape index (κ1) is 25.5. The van der Waals surface area contributed by atoms with Crippen LogP contribution >= 0.6 is 11.6 Å². The van der Waals surface area contributed by atoms with E-state index in [2.05, 4.69) is 20.5 Å². The second-order valence-electron chi connectivity index (χ2n) is 9.35. The summed E-state index contributed by atoms with van der Waals surface area (Å²) in [7, 11) is 0. The Bertz CT molecular complexity index is 1290. The van der Waals surface area contributed by atoms with Crippen LogP contribution in [-0.2, 0) is 11.3 Å². The molecule has 1 aliphatic rings. The van der Waals surface area contributed by atoms with Crippen molar-refractivity contribution in [3.05, 3.63) is 64.7 Å². The molecule has 2 aromatic heterocycles. The monoisotopic (exact) mass is 518 g/mol. The highest BCUT2D eigenvalue weighted by Crippen LogP contribution is 2.31. The van der Waals surface area contributed by atoms with Gasteiger partial charge in [0, 0.05) is 19.3 Å². The molecule has 9 nitrogen and oxygen atoms in total. The van der Waals surface area contributed by atoms with Crippen molar-refractivity contribution in [1.82, 2.24) is 30.1 Å². The first-order valence-corrected chi connectivity index (χ1v) is 11.6. The number of ether oxygens (including phenoxy) is 2. The molecular weight excluding hydrogens is 494 g/mol. The van der Waals surface area contributed by atoms with Crippen LogP contribution in [0.4, 0.5) is 13.6 Å². The lowest BCUT2D eigenvalue weighted by Crippen LogP contribution is -2.41. The summed E-state index contributed by atoms with van der Waals surface area (Å²) in [6.45, 7) is 8.22. The standard InChI is InChI=1S/C24H25ClF2N6O3/c1-14-11-32(23(34)36-24(2,3)4)8-7-16(14)15-9-17(25)18(28-10-15)12-35-20-6-5-19(21(26)22(20)27)33-13-29-30-31-33/h5-7,9-10,13-14H,8,11-12H2,1-4H3. The van der Waals surface area contributed by atoms with Crippen LogP contribution in [0.5, 0.6) is 5.75 Å². The van der Waals surface area contributed by atoms with E-state index in [1.165, 1.54) is 12.1 Å². The Morgan fingerprint density at radius 1 is 1.25 bits per heavy atom. The van der Waals surface area contributed by atoms with Crippen LogP contribution in [0.15, 0.2) is 36.8 Å². The largest absolute Gasteiger partial charge is 0.484 e. The van der Waals surface area contributed by atoms with Crippen molar-refractivity contribution in [2.45, 2.75) is 39.9 Å². The molecule has 0 aliphatic carbocycles. The maximum atomic E-state index is 14.5. The van der Waals surface area contributed by atoms with E-state index in [9.17, 15) is 13.6 Å². The van der Waals surface area contributed by atoms with Crippen molar-refractivity contribution in [2.75, 3.05) is 13.1 Å². The second-order valence-corrected chi connectivity index (χ2v) is 9.76. The Morgan fingerprint density at radius 2 is 2.03 bits per heavy atom. The molecule has 1 aliphatic heterocycles. The Hall–Kier alpha value is -3.60. The zero-order valence-corrected chi connectivity index (χ0v) is 21.0. The van der Waals surface area contributed by atoms with Gasteiger partial charge in [0.1, 0.15) is 24.2 Å². The maximum Gasteiger partial charge on any atom is 0.410 e. The molecule has 0 radical (unpaired) electrons. The number of tetrazole rings is 1.